The Morgan fingerprint density at radius 3 is 2.10 bits per heavy atom. The van der Waals surface area contributed by atoms with Gasteiger partial charge in [0, 0.05) is 6.42 Å². The summed E-state index contributed by atoms with van der Waals surface area (Å²) in [5.74, 6) is -0.0622. The Labute approximate surface area is 191 Å². The molecule has 180 valence electrons. The molecule has 0 aliphatic rings. The van der Waals surface area contributed by atoms with Crippen molar-refractivity contribution in [3.63, 3.8) is 0 Å². The fourth-order valence-electron chi connectivity index (χ4n) is 3.43. The van der Waals surface area contributed by atoms with Crippen LogP contribution in [-0.4, -0.2) is 34.9 Å². The van der Waals surface area contributed by atoms with Crippen molar-refractivity contribution in [3.05, 3.63) is 36.5 Å². The van der Waals surface area contributed by atoms with E-state index < -0.39 is 12.1 Å². The van der Waals surface area contributed by atoms with Crippen LogP contribution in [0.4, 0.5) is 0 Å². The molecule has 1 amide bonds. The third kappa shape index (κ3) is 20.3. The van der Waals surface area contributed by atoms with Gasteiger partial charge in [-0.05, 0) is 44.9 Å². The maximum Gasteiger partial charge on any atom is 0.220 e. The molecule has 4 heteroatoms. The van der Waals surface area contributed by atoms with E-state index in [1.54, 1.807) is 0 Å². The summed E-state index contributed by atoms with van der Waals surface area (Å²) in [6.45, 7) is 4.09. The molecule has 0 rings (SSSR count). The van der Waals surface area contributed by atoms with Crippen molar-refractivity contribution in [2.45, 2.75) is 122 Å². The number of carbonyl (C=O) groups is 1. The van der Waals surface area contributed by atoms with Crippen molar-refractivity contribution in [1.29, 1.82) is 0 Å². The minimum Gasteiger partial charge on any atom is -0.394 e. The monoisotopic (exact) mass is 435 g/mol. The number of amides is 1. The van der Waals surface area contributed by atoms with Gasteiger partial charge in [0.15, 0.2) is 0 Å². The number of unbranched alkanes of at least 4 members (excludes halogenated alkanes) is 8. The van der Waals surface area contributed by atoms with Crippen LogP contribution in [0.5, 0.6) is 0 Å². The van der Waals surface area contributed by atoms with Gasteiger partial charge in [0.2, 0.25) is 5.91 Å². The Balaban J connectivity index is 3.65. The van der Waals surface area contributed by atoms with Crippen LogP contribution in [0.25, 0.3) is 0 Å². The summed E-state index contributed by atoms with van der Waals surface area (Å²) < 4.78 is 0. The molecule has 0 fully saturated rings. The van der Waals surface area contributed by atoms with Gasteiger partial charge in [0.05, 0.1) is 18.8 Å². The van der Waals surface area contributed by atoms with Crippen molar-refractivity contribution in [1.82, 2.24) is 5.32 Å². The zero-order valence-corrected chi connectivity index (χ0v) is 20.2. The van der Waals surface area contributed by atoms with Gasteiger partial charge in [-0.15, -0.1) is 0 Å². The summed E-state index contributed by atoms with van der Waals surface area (Å²) in [6, 6.07) is -0.538. The first kappa shape index (κ1) is 29.6. The Kier molecular flexibility index (Phi) is 22.2. The van der Waals surface area contributed by atoms with Gasteiger partial charge in [-0.25, -0.2) is 0 Å². The van der Waals surface area contributed by atoms with Crippen LogP contribution in [0.15, 0.2) is 36.5 Å². The number of rotatable bonds is 21. The van der Waals surface area contributed by atoms with Crippen LogP contribution in [0.2, 0.25) is 0 Å². The van der Waals surface area contributed by atoms with Gasteiger partial charge in [0.25, 0.3) is 0 Å². The van der Waals surface area contributed by atoms with Crippen molar-refractivity contribution < 1.29 is 15.0 Å². The van der Waals surface area contributed by atoms with E-state index in [1.165, 1.54) is 12.8 Å². The zero-order valence-electron chi connectivity index (χ0n) is 20.2. The molecule has 2 atom stereocenters. The molecular weight excluding hydrogens is 386 g/mol. The first-order valence-corrected chi connectivity index (χ1v) is 12.7. The molecule has 0 aromatic carbocycles. The second kappa shape index (κ2) is 23.3. The van der Waals surface area contributed by atoms with Crippen molar-refractivity contribution in [2.75, 3.05) is 6.61 Å². The molecule has 0 heterocycles. The summed E-state index contributed by atoms with van der Waals surface area (Å²) in [6.07, 6.45) is 27.8. The lowest BCUT2D eigenvalue weighted by molar-refractivity contribution is -0.123. The highest BCUT2D eigenvalue weighted by atomic mass is 16.3. The van der Waals surface area contributed by atoms with E-state index in [0.717, 1.165) is 70.6 Å². The highest BCUT2D eigenvalue weighted by Gasteiger charge is 2.19. The van der Waals surface area contributed by atoms with Gasteiger partial charge in [-0.3, -0.25) is 4.79 Å². The molecule has 0 aliphatic carbocycles. The van der Waals surface area contributed by atoms with Gasteiger partial charge < -0.3 is 15.5 Å². The lowest BCUT2D eigenvalue weighted by Crippen LogP contribution is -2.45. The van der Waals surface area contributed by atoms with Gasteiger partial charge in [-0.2, -0.15) is 0 Å². The Morgan fingerprint density at radius 1 is 0.806 bits per heavy atom. The summed E-state index contributed by atoms with van der Waals surface area (Å²) in [4.78, 5) is 12.1. The fraction of sp³-hybridized carbons (Fsp3) is 0.741. The predicted octanol–water partition coefficient (Wildman–Crippen LogP) is 6.38. The summed E-state index contributed by atoms with van der Waals surface area (Å²) >= 11 is 0. The van der Waals surface area contributed by atoms with Crippen molar-refractivity contribution >= 4 is 5.91 Å². The average molecular weight is 436 g/mol. The maximum atomic E-state index is 12.1. The molecule has 0 aliphatic heterocycles. The third-order valence-corrected chi connectivity index (χ3v) is 5.42. The number of carbonyl (C=O) groups excluding carboxylic acids is 1. The van der Waals surface area contributed by atoms with Gasteiger partial charge in [0.1, 0.15) is 0 Å². The van der Waals surface area contributed by atoms with E-state index in [-0.39, 0.29) is 12.5 Å². The Hall–Kier alpha value is -1.39. The summed E-state index contributed by atoms with van der Waals surface area (Å²) in [5, 5.41) is 22.4. The first-order chi connectivity index (χ1) is 15.2. The van der Waals surface area contributed by atoms with Gasteiger partial charge in [-0.1, -0.05) is 95.2 Å². The molecule has 0 spiro atoms. The average Bonchev–Trinajstić information content (AvgIpc) is 2.77. The normalized spacial score (nSPS) is 14.1. The smallest absolute Gasteiger partial charge is 0.220 e. The minimum atomic E-state index is -0.660. The molecule has 0 bridgehead atoms. The molecule has 31 heavy (non-hydrogen) atoms. The first-order valence-electron chi connectivity index (χ1n) is 12.7. The molecule has 2 unspecified atom stereocenters. The molecule has 4 nitrogen and oxygen atoms in total. The molecule has 0 saturated heterocycles. The highest BCUT2D eigenvalue weighted by molar-refractivity contribution is 5.76. The predicted molar refractivity (Wildman–Crippen MR) is 133 cm³/mol. The van der Waals surface area contributed by atoms with E-state index >= 15 is 0 Å². The third-order valence-electron chi connectivity index (χ3n) is 5.42. The topological polar surface area (TPSA) is 69.6 Å². The SMILES string of the molecule is CC/C=C\C/C=C\C/C=C\CCCCCCCC(=O)NC(CO)C(O)CCCCCC. The maximum absolute atomic E-state index is 12.1. The van der Waals surface area contributed by atoms with E-state index in [4.69, 9.17) is 0 Å². The lowest BCUT2D eigenvalue weighted by atomic mass is 10.0. The number of hydrogen-bond donors (Lipinski definition) is 3. The van der Waals surface area contributed by atoms with Crippen LogP contribution < -0.4 is 5.32 Å². The van der Waals surface area contributed by atoms with E-state index in [9.17, 15) is 15.0 Å². The number of aliphatic hydroxyl groups is 2. The Morgan fingerprint density at radius 2 is 1.42 bits per heavy atom. The van der Waals surface area contributed by atoms with Crippen LogP contribution in [0.1, 0.15) is 110 Å². The van der Waals surface area contributed by atoms with Crippen LogP contribution >= 0.6 is 0 Å². The van der Waals surface area contributed by atoms with Crippen LogP contribution in [0, 0.1) is 0 Å². The largest absolute Gasteiger partial charge is 0.394 e. The standard InChI is InChI=1S/C27H49NO3/c1-3-5-7-9-10-11-12-13-14-15-16-17-18-19-21-23-27(31)28-25(24-29)26(30)22-20-8-6-4-2/h5,7,10-11,13-14,25-26,29-30H,3-4,6,8-9,12,15-24H2,1-2H3,(H,28,31)/b7-5-,11-10-,14-13-. The van der Waals surface area contributed by atoms with Crippen LogP contribution in [-0.2, 0) is 4.79 Å². The molecular formula is C27H49NO3. The van der Waals surface area contributed by atoms with E-state index in [1.807, 2.05) is 0 Å². The molecule has 0 saturated carbocycles. The second-order valence-electron chi connectivity index (χ2n) is 8.37. The van der Waals surface area contributed by atoms with Crippen LogP contribution in [0.3, 0.4) is 0 Å². The van der Waals surface area contributed by atoms with Crippen molar-refractivity contribution in [3.8, 4) is 0 Å². The number of allylic oxidation sites excluding steroid dienone is 6. The number of nitrogens with one attached hydrogen (secondary N) is 1. The fourth-order valence-corrected chi connectivity index (χ4v) is 3.43. The van der Waals surface area contributed by atoms with Gasteiger partial charge >= 0.3 is 0 Å². The Bertz CT molecular complexity index is 485. The lowest BCUT2D eigenvalue weighted by Gasteiger charge is -2.22. The zero-order chi connectivity index (χ0) is 23.0. The molecule has 0 aromatic heterocycles. The van der Waals surface area contributed by atoms with Crippen molar-refractivity contribution in [2.24, 2.45) is 0 Å². The quantitative estimate of drug-likeness (QED) is 0.145. The highest BCUT2D eigenvalue weighted by Crippen LogP contribution is 2.10. The van der Waals surface area contributed by atoms with E-state index in [2.05, 4.69) is 55.6 Å². The summed E-state index contributed by atoms with van der Waals surface area (Å²) in [5.41, 5.74) is 0. The molecule has 3 N–H and O–H groups in total. The minimum absolute atomic E-state index is 0.0622. The summed E-state index contributed by atoms with van der Waals surface area (Å²) in [7, 11) is 0. The second-order valence-corrected chi connectivity index (χ2v) is 8.37. The molecule has 0 radical (unpaired) electrons. The van der Waals surface area contributed by atoms with E-state index in [0.29, 0.717) is 12.8 Å². The number of hydrogen-bond acceptors (Lipinski definition) is 3. The number of aliphatic hydroxyl groups excluding tert-OH is 2. The molecule has 0 aromatic rings.